The third-order valence-electron chi connectivity index (χ3n) is 4.61. The number of hydrogen-bond donors (Lipinski definition) is 0. The Morgan fingerprint density at radius 3 is 2.32 bits per heavy atom. The molecule has 0 amide bonds. The summed E-state index contributed by atoms with van der Waals surface area (Å²) in [6, 6.07) is 21.7. The minimum absolute atomic E-state index is 0.310. The van der Waals surface area contributed by atoms with Gasteiger partial charge in [-0.3, -0.25) is 0 Å². The van der Waals surface area contributed by atoms with Crippen LogP contribution in [0.3, 0.4) is 0 Å². The molecule has 2 aromatic heterocycles. The van der Waals surface area contributed by atoms with Gasteiger partial charge < -0.3 is 4.42 Å². The molecule has 3 aromatic carbocycles. The first-order chi connectivity index (χ1) is 15.2. The number of thiazole rings is 1. The molecule has 31 heavy (non-hydrogen) atoms. The smallest absolute Gasteiger partial charge is 0.211 e. The molecule has 0 unspecified atom stereocenters. The van der Waals surface area contributed by atoms with Crippen molar-refractivity contribution < 1.29 is 13.2 Å². The maximum absolute atomic E-state index is 13.3. The van der Waals surface area contributed by atoms with Crippen LogP contribution in [-0.2, 0) is 0 Å². The highest BCUT2D eigenvalue weighted by molar-refractivity contribution is 7.07. The predicted molar refractivity (Wildman–Crippen MR) is 119 cm³/mol. The Labute approximate surface area is 180 Å². The molecular weight excluding hydrogens is 416 g/mol. The minimum atomic E-state index is -0.324. The SMILES string of the molecule is Fc1ccc(C=Nn2c(-c3cc4ccccc4o3)csc2=Nc2ccc(F)cc2)cc1. The van der Waals surface area contributed by atoms with Gasteiger partial charge in [-0.25, -0.2) is 18.4 Å². The van der Waals surface area contributed by atoms with Crippen molar-refractivity contribution in [1.29, 1.82) is 0 Å². The van der Waals surface area contributed by atoms with Crippen molar-refractivity contribution in [3.05, 3.63) is 106 Å². The molecule has 7 heteroatoms. The van der Waals surface area contributed by atoms with E-state index >= 15 is 0 Å². The molecule has 0 bridgehead atoms. The van der Waals surface area contributed by atoms with E-state index in [1.807, 2.05) is 35.7 Å². The molecule has 0 N–H and O–H groups in total. The Kier molecular flexibility index (Phi) is 5.01. The number of rotatable bonds is 4. The Balaban J connectivity index is 1.64. The van der Waals surface area contributed by atoms with Crippen LogP contribution in [0.2, 0.25) is 0 Å². The van der Waals surface area contributed by atoms with Crippen LogP contribution < -0.4 is 4.80 Å². The maximum atomic E-state index is 13.3. The number of aromatic nitrogens is 1. The van der Waals surface area contributed by atoms with Gasteiger partial charge in [0.05, 0.1) is 11.9 Å². The summed E-state index contributed by atoms with van der Waals surface area (Å²) < 4.78 is 34.2. The summed E-state index contributed by atoms with van der Waals surface area (Å²) in [6.45, 7) is 0. The molecule has 5 aromatic rings. The number of benzene rings is 3. The summed E-state index contributed by atoms with van der Waals surface area (Å²) >= 11 is 1.39. The number of para-hydroxylation sites is 1. The van der Waals surface area contributed by atoms with E-state index in [2.05, 4.69) is 10.1 Å². The highest BCUT2D eigenvalue weighted by atomic mass is 32.1. The maximum Gasteiger partial charge on any atom is 0.211 e. The second-order valence-corrected chi connectivity index (χ2v) is 7.58. The predicted octanol–water partition coefficient (Wildman–Crippen LogP) is 6.36. The topological polar surface area (TPSA) is 42.8 Å². The average molecular weight is 431 g/mol. The molecule has 152 valence electrons. The van der Waals surface area contributed by atoms with Gasteiger partial charge in [-0.2, -0.15) is 5.10 Å². The lowest BCUT2D eigenvalue weighted by atomic mass is 10.2. The van der Waals surface area contributed by atoms with E-state index in [0.717, 1.165) is 22.2 Å². The standard InChI is InChI=1S/C24H15F2N3OS/c25-18-7-5-16(6-8-18)14-27-29-21(23-13-17-3-1-2-4-22(17)30-23)15-31-24(29)28-20-11-9-19(26)10-12-20/h1-15H. The second kappa shape index (κ2) is 8.12. The van der Waals surface area contributed by atoms with Crippen molar-refractivity contribution in [2.75, 3.05) is 0 Å². The largest absolute Gasteiger partial charge is 0.454 e. The Morgan fingerprint density at radius 1 is 0.871 bits per heavy atom. The van der Waals surface area contributed by atoms with Crippen LogP contribution in [0, 0.1) is 11.6 Å². The third kappa shape index (κ3) is 4.08. The Hall–Kier alpha value is -3.84. The van der Waals surface area contributed by atoms with Gasteiger partial charge in [0.15, 0.2) is 5.76 Å². The third-order valence-corrected chi connectivity index (χ3v) is 5.42. The van der Waals surface area contributed by atoms with Crippen molar-refractivity contribution in [2.45, 2.75) is 0 Å². The van der Waals surface area contributed by atoms with E-state index in [-0.39, 0.29) is 11.6 Å². The average Bonchev–Trinajstić information content (AvgIpc) is 3.38. The monoisotopic (exact) mass is 431 g/mol. The molecule has 0 radical (unpaired) electrons. The normalized spacial score (nSPS) is 12.3. The number of nitrogens with zero attached hydrogens (tertiary/aromatic N) is 3. The van der Waals surface area contributed by atoms with Gasteiger partial charge >= 0.3 is 0 Å². The van der Waals surface area contributed by atoms with E-state index in [0.29, 0.717) is 16.2 Å². The van der Waals surface area contributed by atoms with E-state index in [1.165, 1.54) is 35.6 Å². The van der Waals surface area contributed by atoms with Crippen LogP contribution in [0.5, 0.6) is 0 Å². The fourth-order valence-corrected chi connectivity index (χ4v) is 3.90. The highest BCUT2D eigenvalue weighted by Gasteiger charge is 2.13. The lowest BCUT2D eigenvalue weighted by molar-refractivity contribution is 0.622. The Bertz CT molecular complexity index is 1410. The van der Waals surface area contributed by atoms with Gasteiger partial charge in [0.2, 0.25) is 4.80 Å². The fourth-order valence-electron chi connectivity index (χ4n) is 3.07. The lowest BCUT2D eigenvalue weighted by Crippen LogP contribution is -2.11. The first-order valence-electron chi connectivity index (χ1n) is 9.45. The van der Waals surface area contributed by atoms with Crippen molar-refractivity contribution in [3.63, 3.8) is 0 Å². The molecule has 5 rings (SSSR count). The van der Waals surface area contributed by atoms with Crippen LogP contribution in [0.15, 0.2) is 98.8 Å². The van der Waals surface area contributed by atoms with E-state index in [1.54, 1.807) is 35.2 Å². The van der Waals surface area contributed by atoms with Crippen molar-refractivity contribution in [1.82, 2.24) is 4.68 Å². The second-order valence-electron chi connectivity index (χ2n) is 6.75. The van der Waals surface area contributed by atoms with Gasteiger partial charge in [-0.05, 0) is 54.1 Å². The van der Waals surface area contributed by atoms with E-state index in [9.17, 15) is 8.78 Å². The Morgan fingerprint density at radius 2 is 1.58 bits per heavy atom. The van der Waals surface area contributed by atoms with Crippen LogP contribution >= 0.6 is 11.3 Å². The quantitative estimate of drug-likeness (QED) is 0.306. The summed E-state index contributed by atoms with van der Waals surface area (Å²) in [6.07, 6.45) is 1.63. The van der Waals surface area contributed by atoms with Crippen molar-refractivity contribution in [2.24, 2.45) is 10.1 Å². The summed E-state index contributed by atoms with van der Waals surface area (Å²) in [5.74, 6) is 0.0138. The number of hydrogen-bond acceptors (Lipinski definition) is 4. The summed E-state index contributed by atoms with van der Waals surface area (Å²) in [7, 11) is 0. The van der Waals surface area contributed by atoms with Crippen molar-refractivity contribution in [3.8, 4) is 11.5 Å². The van der Waals surface area contributed by atoms with Gasteiger partial charge in [-0.1, -0.05) is 30.3 Å². The molecular formula is C24H15F2N3OS. The van der Waals surface area contributed by atoms with Crippen LogP contribution in [0.4, 0.5) is 14.5 Å². The van der Waals surface area contributed by atoms with E-state index < -0.39 is 0 Å². The minimum Gasteiger partial charge on any atom is -0.454 e. The molecule has 0 aliphatic heterocycles. The van der Waals surface area contributed by atoms with E-state index in [4.69, 9.17) is 4.42 Å². The first-order valence-corrected chi connectivity index (χ1v) is 10.3. The molecule has 0 aliphatic carbocycles. The van der Waals surface area contributed by atoms with Gasteiger partial charge in [-0.15, -0.1) is 11.3 Å². The molecule has 0 aliphatic rings. The van der Waals surface area contributed by atoms with Crippen LogP contribution in [-0.4, -0.2) is 10.9 Å². The number of fused-ring (bicyclic) bond motifs is 1. The summed E-state index contributed by atoms with van der Waals surface area (Å²) in [5, 5.41) is 7.46. The zero-order valence-electron chi connectivity index (χ0n) is 16.1. The zero-order valence-corrected chi connectivity index (χ0v) is 16.9. The van der Waals surface area contributed by atoms with Crippen molar-refractivity contribution >= 4 is 34.2 Å². The van der Waals surface area contributed by atoms with Crippen LogP contribution in [0.1, 0.15) is 5.56 Å². The van der Waals surface area contributed by atoms with Gasteiger partial charge in [0, 0.05) is 10.8 Å². The first kappa shape index (κ1) is 19.1. The molecule has 0 saturated carbocycles. The highest BCUT2D eigenvalue weighted by Crippen LogP contribution is 2.28. The number of furan rings is 1. The molecule has 0 atom stereocenters. The van der Waals surface area contributed by atoms with Crippen LogP contribution in [0.25, 0.3) is 22.4 Å². The molecule has 0 spiro atoms. The molecule has 0 fully saturated rings. The summed E-state index contributed by atoms with van der Waals surface area (Å²) in [4.78, 5) is 5.19. The lowest BCUT2D eigenvalue weighted by Gasteiger charge is -2.01. The zero-order chi connectivity index (χ0) is 21.2. The molecule has 0 saturated heterocycles. The fraction of sp³-hybridized carbons (Fsp3) is 0. The number of halogens is 2. The van der Waals surface area contributed by atoms with Gasteiger partial charge in [0.1, 0.15) is 22.9 Å². The summed E-state index contributed by atoms with van der Waals surface area (Å²) in [5.41, 5.74) is 2.84. The van der Waals surface area contributed by atoms with Gasteiger partial charge in [0.25, 0.3) is 0 Å². The molecule has 2 heterocycles. The molecule has 4 nitrogen and oxygen atoms in total.